The third kappa shape index (κ3) is 4.58. The van der Waals surface area contributed by atoms with Crippen molar-refractivity contribution in [2.45, 2.75) is 45.6 Å². The van der Waals surface area contributed by atoms with Crippen LogP contribution in [-0.2, 0) is 0 Å². The van der Waals surface area contributed by atoms with Crippen LogP contribution < -0.4 is 5.32 Å². The topological polar surface area (TPSA) is 24.9 Å². The van der Waals surface area contributed by atoms with Gasteiger partial charge in [-0.1, -0.05) is 49.4 Å². The Kier molecular flexibility index (Phi) is 5.93. The molecule has 0 fully saturated rings. The van der Waals surface area contributed by atoms with Gasteiger partial charge in [-0.05, 0) is 19.4 Å². The Hall–Kier alpha value is -0.470. The number of unbranched alkanes of at least 4 members (excludes halogenated alkanes) is 2. The maximum atomic E-state index is 6.03. The molecule has 1 N–H and O–H groups in total. The van der Waals surface area contributed by atoms with Crippen molar-refractivity contribution < 1.29 is 0 Å². The highest BCUT2D eigenvalue weighted by atomic mass is 35.5. The van der Waals surface area contributed by atoms with Crippen LogP contribution in [0.1, 0.15) is 39.5 Å². The number of rotatable bonds is 6. The average molecular weight is 261 g/mol. The minimum Gasteiger partial charge on any atom is -0.366 e. The largest absolute Gasteiger partial charge is 0.366 e. The third-order valence-electron chi connectivity index (χ3n) is 2.43. The van der Waals surface area contributed by atoms with Gasteiger partial charge < -0.3 is 5.32 Å². The lowest BCUT2D eigenvalue weighted by molar-refractivity contribution is 0.614. The predicted molar refractivity (Wildman–Crippen MR) is 71.5 cm³/mol. The van der Waals surface area contributed by atoms with E-state index in [1.54, 1.807) is 12.3 Å². The number of hydrogen-bond acceptors (Lipinski definition) is 2. The van der Waals surface area contributed by atoms with Crippen molar-refractivity contribution in [3.05, 3.63) is 22.3 Å². The molecule has 2 nitrogen and oxygen atoms in total. The zero-order chi connectivity index (χ0) is 12.0. The maximum Gasteiger partial charge on any atom is 0.145 e. The minimum atomic E-state index is 0.387. The van der Waals surface area contributed by atoms with E-state index in [0.29, 0.717) is 16.1 Å². The lowest BCUT2D eigenvalue weighted by atomic mass is 10.1. The second kappa shape index (κ2) is 6.97. The summed E-state index contributed by atoms with van der Waals surface area (Å²) >= 11 is 11.8. The van der Waals surface area contributed by atoms with Crippen molar-refractivity contribution in [2.75, 3.05) is 5.32 Å². The summed E-state index contributed by atoms with van der Waals surface area (Å²) in [5, 5.41) is 4.44. The van der Waals surface area contributed by atoms with Crippen molar-refractivity contribution >= 4 is 29.0 Å². The van der Waals surface area contributed by atoms with Crippen LogP contribution in [0.3, 0.4) is 0 Å². The maximum absolute atomic E-state index is 6.03. The fourth-order valence-electron chi connectivity index (χ4n) is 1.53. The zero-order valence-corrected chi connectivity index (χ0v) is 11.3. The molecule has 16 heavy (non-hydrogen) atoms. The van der Waals surface area contributed by atoms with Gasteiger partial charge >= 0.3 is 0 Å². The van der Waals surface area contributed by atoms with Gasteiger partial charge in [0.1, 0.15) is 5.82 Å². The molecule has 4 heteroatoms. The number of halogens is 2. The molecule has 1 atom stereocenters. The van der Waals surface area contributed by atoms with E-state index in [4.69, 9.17) is 23.2 Å². The van der Waals surface area contributed by atoms with E-state index in [2.05, 4.69) is 24.1 Å². The molecule has 1 heterocycles. The van der Waals surface area contributed by atoms with Crippen molar-refractivity contribution in [1.82, 2.24) is 4.98 Å². The normalized spacial score (nSPS) is 12.5. The van der Waals surface area contributed by atoms with Crippen LogP contribution in [0.25, 0.3) is 0 Å². The molecule has 0 radical (unpaired) electrons. The number of aromatic nitrogens is 1. The van der Waals surface area contributed by atoms with Crippen LogP contribution in [0.5, 0.6) is 0 Å². The number of nitrogens with one attached hydrogen (secondary N) is 1. The van der Waals surface area contributed by atoms with Gasteiger partial charge in [-0.2, -0.15) is 0 Å². The molecule has 0 bridgehead atoms. The molecule has 90 valence electrons. The molecule has 0 aliphatic carbocycles. The van der Waals surface area contributed by atoms with E-state index >= 15 is 0 Å². The van der Waals surface area contributed by atoms with Crippen molar-refractivity contribution in [1.29, 1.82) is 0 Å². The van der Waals surface area contributed by atoms with Gasteiger partial charge in [-0.25, -0.2) is 4.98 Å². The smallest absolute Gasteiger partial charge is 0.145 e. The first-order valence-electron chi connectivity index (χ1n) is 5.71. The quantitative estimate of drug-likeness (QED) is 0.746. The van der Waals surface area contributed by atoms with E-state index in [1.165, 1.54) is 19.3 Å². The Morgan fingerprint density at radius 3 is 2.75 bits per heavy atom. The van der Waals surface area contributed by atoms with Crippen LogP contribution >= 0.6 is 23.2 Å². The molecule has 1 rings (SSSR count). The van der Waals surface area contributed by atoms with Gasteiger partial charge in [0.2, 0.25) is 0 Å². The molecular weight excluding hydrogens is 243 g/mol. The van der Waals surface area contributed by atoms with E-state index in [1.807, 2.05) is 0 Å². The molecule has 1 aromatic heterocycles. The highest BCUT2D eigenvalue weighted by molar-refractivity contribution is 6.35. The molecule has 0 aliphatic heterocycles. The summed E-state index contributed by atoms with van der Waals surface area (Å²) in [7, 11) is 0. The number of anilines is 1. The molecule has 1 aromatic rings. The lowest BCUT2D eigenvalue weighted by Crippen LogP contribution is -2.16. The first-order valence-corrected chi connectivity index (χ1v) is 6.46. The van der Waals surface area contributed by atoms with Crippen LogP contribution in [-0.4, -0.2) is 11.0 Å². The number of pyridine rings is 1. The Morgan fingerprint density at radius 2 is 2.12 bits per heavy atom. The van der Waals surface area contributed by atoms with Crippen LogP contribution in [0, 0.1) is 0 Å². The highest BCUT2D eigenvalue weighted by Crippen LogP contribution is 2.23. The minimum absolute atomic E-state index is 0.387. The second-order valence-corrected chi connectivity index (χ2v) is 4.87. The van der Waals surface area contributed by atoms with Gasteiger partial charge in [-0.15, -0.1) is 0 Å². The summed E-state index contributed by atoms with van der Waals surface area (Å²) in [6.07, 6.45) is 6.49. The van der Waals surface area contributed by atoms with E-state index in [0.717, 1.165) is 12.2 Å². The standard InChI is InChI=1S/C12H18Cl2N2/c1-3-4-5-6-9(2)16-12-11(14)7-10(13)8-15-12/h7-9H,3-6H2,1-2H3,(H,15,16). The van der Waals surface area contributed by atoms with Crippen molar-refractivity contribution in [3.63, 3.8) is 0 Å². The zero-order valence-electron chi connectivity index (χ0n) is 9.76. The summed E-state index contributed by atoms with van der Waals surface area (Å²) in [6, 6.07) is 2.09. The summed E-state index contributed by atoms with van der Waals surface area (Å²) < 4.78 is 0. The first kappa shape index (κ1) is 13.6. The molecular formula is C12H18Cl2N2. The Balaban J connectivity index is 2.46. The van der Waals surface area contributed by atoms with Gasteiger partial charge in [0.25, 0.3) is 0 Å². The first-order chi connectivity index (χ1) is 7.63. The molecule has 1 unspecified atom stereocenters. The molecule has 0 aromatic carbocycles. The second-order valence-electron chi connectivity index (χ2n) is 4.03. The Morgan fingerprint density at radius 1 is 1.38 bits per heavy atom. The van der Waals surface area contributed by atoms with E-state index < -0.39 is 0 Å². The van der Waals surface area contributed by atoms with Gasteiger partial charge in [0.05, 0.1) is 10.0 Å². The van der Waals surface area contributed by atoms with Crippen LogP contribution in [0.2, 0.25) is 10.0 Å². The highest BCUT2D eigenvalue weighted by Gasteiger charge is 2.06. The van der Waals surface area contributed by atoms with E-state index in [9.17, 15) is 0 Å². The van der Waals surface area contributed by atoms with E-state index in [-0.39, 0.29) is 0 Å². The Labute approximate surface area is 107 Å². The molecule has 0 spiro atoms. The van der Waals surface area contributed by atoms with Crippen LogP contribution in [0.4, 0.5) is 5.82 Å². The van der Waals surface area contributed by atoms with Crippen molar-refractivity contribution in [3.8, 4) is 0 Å². The lowest BCUT2D eigenvalue weighted by Gasteiger charge is -2.15. The van der Waals surface area contributed by atoms with Gasteiger partial charge in [0.15, 0.2) is 0 Å². The van der Waals surface area contributed by atoms with Crippen LogP contribution in [0.15, 0.2) is 12.3 Å². The number of nitrogens with zero attached hydrogens (tertiary/aromatic N) is 1. The summed E-state index contributed by atoms with van der Waals surface area (Å²) in [5.74, 6) is 0.718. The third-order valence-corrected chi connectivity index (χ3v) is 2.93. The monoisotopic (exact) mass is 260 g/mol. The number of hydrogen-bond donors (Lipinski definition) is 1. The molecule has 0 amide bonds. The Bertz CT molecular complexity index is 329. The summed E-state index contributed by atoms with van der Waals surface area (Å²) in [4.78, 5) is 4.17. The molecule has 0 saturated heterocycles. The van der Waals surface area contributed by atoms with Crippen molar-refractivity contribution in [2.24, 2.45) is 0 Å². The summed E-state index contributed by atoms with van der Waals surface area (Å²) in [6.45, 7) is 4.35. The summed E-state index contributed by atoms with van der Waals surface area (Å²) in [5.41, 5.74) is 0. The van der Waals surface area contributed by atoms with Gasteiger partial charge in [-0.3, -0.25) is 0 Å². The molecule has 0 aliphatic rings. The predicted octanol–water partition coefficient (Wildman–Crippen LogP) is 4.77. The average Bonchev–Trinajstić information content (AvgIpc) is 2.23. The molecule has 0 saturated carbocycles. The fraction of sp³-hybridized carbons (Fsp3) is 0.583. The van der Waals surface area contributed by atoms with Gasteiger partial charge in [0, 0.05) is 12.2 Å². The SMILES string of the molecule is CCCCCC(C)Nc1ncc(Cl)cc1Cl. The fourth-order valence-corrected chi connectivity index (χ4v) is 1.96.